The van der Waals surface area contributed by atoms with Crippen LogP contribution in [-0.2, 0) is 22.1 Å². The monoisotopic (exact) mass is 369 g/mol. The van der Waals surface area contributed by atoms with Crippen LogP contribution in [0.3, 0.4) is 0 Å². The van der Waals surface area contributed by atoms with Crippen LogP contribution < -0.4 is 5.32 Å². The lowest BCUT2D eigenvalue weighted by Gasteiger charge is -2.12. The highest BCUT2D eigenvalue weighted by Crippen LogP contribution is 2.32. The Kier molecular flexibility index (Phi) is 6.32. The van der Waals surface area contributed by atoms with Crippen molar-refractivity contribution < 1.29 is 31.9 Å². The fraction of sp³-hybridized carbons (Fsp3) is 0.222. The molecule has 0 saturated heterocycles. The number of nitrogens with one attached hydrogen (secondary N) is 1. The van der Waals surface area contributed by atoms with Crippen LogP contribution in [-0.4, -0.2) is 25.0 Å². The predicted molar refractivity (Wildman–Crippen MR) is 84.8 cm³/mol. The molecule has 0 aliphatic rings. The van der Waals surface area contributed by atoms with E-state index >= 15 is 0 Å². The van der Waals surface area contributed by atoms with Gasteiger partial charge in [-0.2, -0.15) is 13.2 Å². The summed E-state index contributed by atoms with van der Waals surface area (Å²) in [6.45, 7) is -0.490. The van der Waals surface area contributed by atoms with Gasteiger partial charge in [-0.3, -0.25) is 4.79 Å². The van der Waals surface area contributed by atoms with E-state index in [1.54, 1.807) is 12.1 Å². The number of amides is 1. The maximum atomic E-state index is 12.8. The Labute approximate surface area is 146 Å². The summed E-state index contributed by atoms with van der Waals surface area (Å²) in [4.78, 5) is 23.4. The summed E-state index contributed by atoms with van der Waals surface area (Å²) in [7, 11) is 0. The lowest BCUT2D eigenvalue weighted by molar-refractivity contribution is -0.138. The minimum absolute atomic E-state index is 0.209. The van der Waals surface area contributed by atoms with E-state index in [9.17, 15) is 27.2 Å². The number of alkyl halides is 3. The Morgan fingerprint density at radius 1 is 1.00 bits per heavy atom. The van der Waals surface area contributed by atoms with Crippen LogP contribution in [0.1, 0.15) is 21.5 Å². The quantitative estimate of drug-likeness (QED) is 0.628. The third-order valence-corrected chi connectivity index (χ3v) is 3.44. The molecule has 26 heavy (non-hydrogen) atoms. The number of halogens is 4. The van der Waals surface area contributed by atoms with Crippen LogP contribution in [0, 0.1) is 5.82 Å². The topological polar surface area (TPSA) is 55.4 Å². The fourth-order valence-electron chi connectivity index (χ4n) is 2.17. The van der Waals surface area contributed by atoms with E-state index in [1.807, 2.05) is 0 Å². The molecule has 0 aromatic heterocycles. The molecule has 0 atom stereocenters. The van der Waals surface area contributed by atoms with E-state index in [2.05, 4.69) is 10.1 Å². The number of ether oxygens (including phenoxy) is 1. The summed E-state index contributed by atoms with van der Waals surface area (Å²) in [6, 6.07) is 9.88. The molecule has 4 nitrogen and oxygen atoms in total. The molecule has 8 heteroatoms. The van der Waals surface area contributed by atoms with Gasteiger partial charge in [0.05, 0.1) is 11.1 Å². The summed E-state index contributed by atoms with van der Waals surface area (Å²) in [5.41, 5.74) is -0.983. The molecule has 2 aromatic carbocycles. The number of benzene rings is 2. The Morgan fingerprint density at radius 2 is 1.65 bits per heavy atom. The van der Waals surface area contributed by atoms with Crippen molar-refractivity contribution in [3.8, 4) is 0 Å². The van der Waals surface area contributed by atoms with Crippen molar-refractivity contribution in [2.24, 2.45) is 0 Å². The van der Waals surface area contributed by atoms with Crippen molar-refractivity contribution in [2.45, 2.75) is 12.6 Å². The van der Waals surface area contributed by atoms with Gasteiger partial charge in [-0.05, 0) is 36.2 Å². The normalized spacial score (nSPS) is 11.1. The van der Waals surface area contributed by atoms with Crippen LogP contribution in [0.2, 0.25) is 0 Å². The smallest absolute Gasteiger partial charge is 0.417 e. The highest BCUT2D eigenvalue weighted by Gasteiger charge is 2.35. The minimum Gasteiger partial charge on any atom is -0.452 e. The molecule has 2 rings (SSSR count). The van der Waals surface area contributed by atoms with Gasteiger partial charge in [-0.25, -0.2) is 9.18 Å². The highest BCUT2D eigenvalue weighted by molar-refractivity contribution is 5.93. The van der Waals surface area contributed by atoms with Gasteiger partial charge in [-0.1, -0.05) is 24.3 Å². The zero-order chi connectivity index (χ0) is 19.2. The Bertz CT molecular complexity index is 773. The molecule has 0 unspecified atom stereocenters. The lowest BCUT2D eigenvalue weighted by atomic mass is 10.1. The Morgan fingerprint density at radius 3 is 2.31 bits per heavy atom. The number of esters is 1. The average molecular weight is 369 g/mol. The summed E-state index contributed by atoms with van der Waals surface area (Å²) in [5, 5.41) is 2.47. The molecular weight excluding hydrogens is 354 g/mol. The molecule has 0 aliphatic carbocycles. The minimum atomic E-state index is -4.70. The first-order chi connectivity index (χ1) is 12.3. The van der Waals surface area contributed by atoms with Gasteiger partial charge in [-0.15, -0.1) is 0 Å². The second-order valence-corrected chi connectivity index (χ2v) is 5.35. The summed E-state index contributed by atoms with van der Waals surface area (Å²) in [6.07, 6.45) is -4.27. The fourth-order valence-corrected chi connectivity index (χ4v) is 2.17. The first kappa shape index (κ1) is 19.4. The van der Waals surface area contributed by atoms with E-state index in [-0.39, 0.29) is 12.4 Å². The van der Waals surface area contributed by atoms with E-state index < -0.39 is 35.8 Å². The van der Waals surface area contributed by atoms with Crippen molar-refractivity contribution in [2.75, 3.05) is 13.2 Å². The molecule has 1 amide bonds. The van der Waals surface area contributed by atoms with Gasteiger partial charge in [0, 0.05) is 6.54 Å². The van der Waals surface area contributed by atoms with Crippen LogP contribution in [0.15, 0.2) is 48.5 Å². The van der Waals surface area contributed by atoms with Crippen LogP contribution in [0.4, 0.5) is 17.6 Å². The standard InChI is InChI=1S/C18H15F4NO3/c19-13-7-5-12(6-8-13)9-10-23-16(24)11-26-17(25)14-3-1-2-4-15(14)18(20,21)22/h1-8H,9-11H2,(H,23,24). The van der Waals surface area contributed by atoms with Crippen molar-refractivity contribution in [1.29, 1.82) is 0 Å². The third-order valence-electron chi connectivity index (χ3n) is 3.44. The van der Waals surface area contributed by atoms with Crippen LogP contribution >= 0.6 is 0 Å². The van der Waals surface area contributed by atoms with E-state index in [0.29, 0.717) is 6.42 Å². The van der Waals surface area contributed by atoms with Gasteiger partial charge >= 0.3 is 12.1 Å². The van der Waals surface area contributed by atoms with E-state index in [0.717, 1.165) is 23.8 Å². The second-order valence-electron chi connectivity index (χ2n) is 5.35. The summed E-state index contributed by atoms with van der Waals surface area (Å²) < 4.78 is 56.0. The van der Waals surface area contributed by atoms with Crippen LogP contribution in [0.5, 0.6) is 0 Å². The lowest BCUT2D eigenvalue weighted by Crippen LogP contribution is -2.30. The SMILES string of the molecule is O=C(COC(=O)c1ccccc1C(F)(F)F)NCCc1ccc(F)cc1. The molecule has 0 spiro atoms. The van der Waals surface area contributed by atoms with Gasteiger partial charge < -0.3 is 10.1 Å². The summed E-state index contributed by atoms with van der Waals surface area (Å²) >= 11 is 0. The van der Waals surface area contributed by atoms with E-state index in [4.69, 9.17) is 0 Å². The van der Waals surface area contributed by atoms with Gasteiger partial charge in [0.2, 0.25) is 0 Å². The number of carbonyl (C=O) groups is 2. The summed E-state index contributed by atoms with van der Waals surface area (Å²) in [5.74, 6) is -2.25. The van der Waals surface area contributed by atoms with Crippen molar-refractivity contribution in [3.63, 3.8) is 0 Å². The maximum Gasteiger partial charge on any atom is 0.417 e. The molecule has 2 aromatic rings. The zero-order valence-electron chi connectivity index (χ0n) is 13.5. The number of carbonyl (C=O) groups excluding carboxylic acids is 2. The molecule has 0 fully saturated rings. The Balaban J connectivity index is 1.82. The number of rotatable bonds is 6. The van der Waals surface area contributed by atoms with Gasteiger partial charge in [0.1, 0.15) is 5.82 Å². The molecule has 138 valence electrons. The van der Waals surface area contributed by atoms with E-state index in [1.165, 1.54) is 18.2 Å². The number of hydrogen-bond acceptors (Lipinski definition) is 3. The molecule has 1 N–H and O–H groups in total. The molecule has 0 saturated carbocycles. The Hall–Kier alpha value is -2.90. The van der Waals surface area contributed by atoms with Gasteiger partial charge in [0.15, 0.2) is 6.61 Å². The second kappa shape index (κ2) is 8.46. The molecule has 0 bridgehead atoms. The largest absolute Gasteiger partial charge is 0.452 e. The molecular formula is C18H15F4NO3. The predicted octanol–water partition coefficient (Wildman–Crippen LogP) is 3.36. The number of hydrogen-bond donors (Lipinski definition) is 1. The average Bonchev–Trinajstić information content (AvgIpc) is 2.60. The van der Waals surface area contributed by atoms with Gasteiger partial charge in [0.25, 0.3) is 5.91 Å². The van der Waals surface area contributed by atoms with Crippen molar-refractivity contribution >= 4 is 11.9 Å². The third kappa shape index (κ3) is 5.58. The van der Waals surface area contributed by atoms with Crippen molar-refractivity contribution in [1.82, 2.24) is 5.32 Å². The molecule has 0 heterocycles. The first-order valence-electron chi connectivity index (χ1n) is 7.62. The molecule has 0 radical (unpaired) electrons. The first-order valence-corrected chi connectivity index (χ1v) is 7.62. The zero-order valence-corrected chi connectivity index (χ0v) is 13.5. The van der Waals surface area contributed by atoms with Crippen molar-refractivity contribution in [3.05, 3.63) is 71.0 Å². The van der Waals surface area contributed by atoms with Crippen LogP contribution in [0.25, 0.3) is 0 Å². The molecule has 0 aliphatic heterocycles. The highest BCUT2D eigenvalue weighted by atomic mass is 19.4. The maximum absolute atomic E-state index is 12.8.